The third-order valence-corrected chi connectivity index (χ3v) is 7.53. The molecule has 1 aromatic heterocycles. The second-order valence-corrected chi connectivity index (χ2v) is 10.2. The number of hydrogen-bond acceptors (Lipinski definition) is 4. The monoisotopic (exact) mass is 490 g/mol. The van der Waals surface area contributed by atoms with Gasteiger partial charge in [-0.05, 0) is 72.4 Å². The molecule has 1 saturated carbocycles. The summed E-state index contributed by atoms with van der Waals surface area (Å²) in [5.74, 6) is -0.288. The topological polar surface area (TPSA) is 59.5 Å². The Kier molecular flexibility index (Phi) is 7.11. The maximum absolute atomic E-state index is 13.0. The van der Waals surface area contributed by atoms with Crippen LogP contribution < -0.4 is 9.04 Å². The van der Waals surface area contributed by atoms with Gasteiger partial charge in [-0.2, -0.15) is 13.2 Å². The van der Waals surface area contributed by atoms with Crippen molar-refractivity contribution in [3.63, 3.8) is 0 Å². The standard InChI is InChI=1S/C25H25F3N2O3S/c26-25(27,28)18-34(31,32)30(17-19-13-15-29-16-14-19)21-9-11-22(12-10-21)33-24-8-4-3-7-23(24)20-5-1-2-6-20/h3-4,7-16,20H,1-2,5-6,17-18H2. The summed E-state index contributed by atoms with van der Waals surface area (Å²) in [7, 11) is -4.67. The highest BCUT2D eigenvalue weighted by Crippen LogP contribution is 2.40. The van der Waals surface area contributed by atoms with Gasteiger partial charge >= 0.3 is 6.18 Å². The molecule has 34 heavy (non-hydrogen) atoms. The number of hydrogen-bond donors (Lipinski definition) is 0. The molecule has 180 valence electrons. The van der Waals surface area contributed by atoms with Crippen LogP contribution in [0.1, 0.15) is 42.7 Å². The first-order chi connectivity index (χ1) is 16.2. The number of pyridine rings is 1. The van der Waals surface area contributed by atoms with Crippen molar-refractivity contribution >= 4 is 15.7 Å². The molecule has 0 spiro atoms. The zero-order chi connectivity index (χ0) is 24.2. The van der Waals surface area contributed by atoms with Crippen LogP contribution in [0.15, 0.2) is 73.1 Å². The van der Waals surface area contributed by atoms with Crippen LogP contribution in [0.4, 0.5) is 18.9 Å². The molecule has 0 radical (unpaired) electrons. The number of ether oxygens (including phenoxy) is 1. The second-order valence-electron chi connectivity index (χ2n) is 8.35. The summed E-state index contributed by atoms with van der Waals surface area (Å²) in [5, 5.41) is 0. The van der Waals surface area contributed by atoms with E-state index < -0.39 is 22.0 Å². The van der Waals surface area contributed by atoms with E-state index in [0.717, 1.165) is 28.5 Å². The molecule has 0 N–H and O–H groups in total. The van der Waals surface area contributed by atoms with E-state index in [4.69, 9.17) is 4.74 Å². The summed E-state index contributed by atoms with van der Waals surface area (Å²) in [6.07, 6.45) is 2.66. The molecule has 1 fully saturated rings. The number of benzene rings is 2. The maximum atomic E-state index is 13.0. The number of rotatable bonds is 8. The molecule has 0 aliphatic heterocycles. The number of sulfonamides is 1. The van der Waals surface area contributed by atoms with Gasteiger partial charge in [-0.1, -0.05) is 31.0 Å². The molecule has 0 amide bonds. The van der Waals surface area contributed by atoms with Crippen LogP contribution in [0.3, 0.4) is 0 Å². The lowest BCUT2D eigenvalue weighted by atomic mass is 9.97. The van der Waals surface area contributed by atoms with E-state index in [-0.39, 0.29) is 12.2 Å². The van der Waals surface area contributed by atoms with Gasteiger partial charge in [0.15, 0.2) is 5.75 Å². The van der Waals surface area contributed by atoms with Gasteiger partial charge in [0.2, 0.25) is 10.0 Å². The van der Waals surface area contributed by atoms with Crippen molar-refractivity contribution in [2.75, 3.05) is 10.1 Å². The van der Waals surface area contributed by atoms with E-state index >= 15 is 0 Å². The third-order valence-electron chi connectivity index (χ3n) is 5.82. The Balaban J connectivity index is 1.59. The number of halogens is 3. The average Bonchev–Trinajstić information content (AvgIpc) is 3.32. The first-order valence-electron chi connectivity index (χ1n) is 11.0. The molecule has 1 heterocycles. The van der Waals surface area contributed by atoms with Crippen LogP contribution in [0.25, 0.3) is 0 Å². The first-order valence-corrected chi connectivity index (χ1v) is 12.7. The fourth-order valence-corrected chi connectivity index (χ4v) is 5.60. The molecule has 3 aromatic rings. The number of aromatic nitrogens is 1. The third kappa shape index (κ3) is 6.08. The maximum Gasteiger partial charge on any atom is 0.404 e. The summed E-state index contributed by atoms with van der Waals surface area (Å²) in [6.45, 7) is -0.244. The first kappa shape index (κ1) is 24.1. The number of para-hydroxylation sites is 1. The molecule has 5 nitrogen and oxygen atoms in total. The van der Waals surface area contributed by atoms with Gasteiger partial charge in [0.1, 0.15) is 11.5 Å². The Labute approximate surface area is 197 Å². The molecule has 1 aliphatic rings. The average molecular weight is 491 g/mol. The Morgan fingerprint density at radius 3 is 2.24 bits per heavy atom. The second kappa shape index (κ2) is 10.0. The van der Waals surface area contributed by atoms with Crippen LogP contribution in [0.2, 0.25) is 0 Å². The van der Waals surface area contributed by atoms with Gasteiger partial charge in [0.05, 0.1) is 12.2 Å². The Hall–Kier alpha value is -3.07. The molecule has 0 unspecified atom stereocenters. The summed E-state index contributed by atoms with van der Waals surface area (Å²) < 4.78 is 71.2. The molecule has 0 atom stereocenters. The van der Waals surface area contributed by atoms with Gasteiger partial charge in [0.25, 0.3) is 0 Å². The van der Waals surface area contributed by atoms with Crippen molar-refractivity contribution in [3.05, 3.63) is 84.2 Å². The van der Waals surface area contributed by atoms with Crippen molar-refractivity contribution in [2.45, 2.75) is 44.3 Å². The highest BCUT2D eigenvalue weighted by molar-refractivity contribution is 7.92. The van der Waals surface area contributed by atoms with Gasteiger partial charge in [0, 0.05) is 12.4 Å². The van der Waals surface area contributed by atoms with E-state index in [9.17, 15) is 21.6 Å². The Bertz CT molecular complexity index is 1190. The highest BCUT2D eigenvalue weighted by atomic mass is 32.2. The molecular weight excluding hydrogens is 465 g/mol. The van der Waals surface area contributed by atoms with Crippen LogP contribution in [-0.2, 0) is 16.6 Å². The lowest BCUT2D eigenvalue weighted by molar-refractivity contribution is -0.106. The fourth-order valence-electron chi connectivity index (χ4n) is 4.24. The fraction of sp³-hybridized carbons (Fsp3) is 0.320. The summed E-state index contributed by atoms with van der Waals surface area (Å²) in [6, 6.07) is 17.0. The van der Waals surface area contributed by atoms with Crippen LogP contribution in [0, 0.1) is 0 Å². The predicted octanol–water partition coefficient (Wildman–Crippen LogP) is 6.43. The van der Waals surface area contributed by atoms with E-state index in [1.807, 2.05) is 18.2 Å². The van der Waals surface area contributed by atoms with E-state index in [1.54, 1.807) is 24.3 Å². The van der Waals surface area contributed by atoms with E-state index in [2.05, 4.69) is 11.1 Å². The normalized spacial score (nSPS) is 14.8. The minimum atomic E-state index is -4.86. The molecule has 2 aromatic carbocycles. The molecule has 0 bridgehead atoms. The minimum absolute atomic E-state index is 0.123. The van der Waals surface area contributed by atoms with Gasteiger partial charge in [-0.3, -0.25) is 9.29 Å². The molecule has 9 heteroatoms. The van der Waals surface area contributed by atoms with Crippen molar-refractivity contribution in [1.82, 2.24) is 4.98 Å². The van der Waals surface area contributed by atoms with Gasteiger partial charge in [-0.15, -0.1) is 0 Å². The Morgan fingerprint density at radius 1 is 0.941 bits per heavy atom. The van der Waals surface area contributed by atoms with E-state index in [0.29, 0.717) is 17.2 Å². The van der Waals surface area contributed by atoms with Crippen LogP contribution in [0.5, 0.6) is 11.5 Å². The molecule has 1 aliphatic carbocycles. The predicted molar refractivity (Wildman–Crippen MR) is 124 cm³/mol. The number of alkyl halides is 3. The minimum Gasteiger partial charge on any atom is -0.457 e. The Morgan fingerprint density at radius 2 is 1.59 bits per heavy atom. The number of nitrogens with zero attached hydrogens (tertiary/aromatic N) is 2. The van der Waals surface area contributed by atoms with Gasteiger partial charge < -0.3 is 4.74 Å². The zero-order valence-electron chi connectivity index (χ0n) is 18.4. The smallest absolute Gasteiger partial charge is 0.404 e. The summed E-state index contributed by atoms with van der Waals surface area (Å²) in [4.78, 5) is 3.87. The quantitative estimate of drug-likeness (QED) is 0.365. The molecular formula is C25H25F3N2O3S. The summed E-state index contributed by atoms with van der Waals surface area (Å²) >= 11 is 0. The largest absolute Gasteiger partial charge is 0.457 e. The van der Waals surface area contributed by atoms with Crippen molar-refractivity contribution in [1.29, 1.82) is 0 Å². The van der Waals surface area contributed by atoms with Crippen molar-refractivity contribution in [2.24, 2.45) is 0 Å². The highest BCUT2D eigenvalue weighted by Gasteiger charge is 2.38. The lowest BCUT2D eigenvalue weighted by Gasteiger charge is -2.25. The van der Waals surface area contributed by atoms with Crippen molar-refractivity contribution < 1.29 is 26.3 Å². The zero-order valence-corrected chi connectivity index (χ0v) is 19.2. The SMILES string of the molecule is O=S(=O)(CC(F)(F)F)N(Cc1ccncc1)c1ccc(Oc2ccccc2C2CCCC2)cc1. The van der Waals surface area contributed by atoms with Crippen molar-refractivity contribution in [3.8, 4) is 11.5 Å². The van der Waals surface area contributed by atoms with Crippen LogP contribution >= 0.6 is 0 Å². The molecule has 4 rings (SSSR count). The van der Waals surface area contributed by atoms with Crippen LogP contribution in [-0.4, -0.2) is 25.3 Å². The molecule has 0 saturated heterocycles. The van der Waals surface area contributed by atoms with Gasteiger partial charge in [-0.25, -0.2) is 8.42 Å². The summed E-state index contributed by atoms with van der Waals surface area (Å²) in [5.41, 5.74) is 1.78. The lowest BCUT2D eigenvalue weighted by Crippen LogP contribution is -2.37. The number of anilines is 1. The van der Waals surface area contributed by atoms with E-state index in [1.165, 1.54) is 37.4 Å².